The van der Waals surface area contributed by atoms with E-state index in [1.54, 1.807) is 4.30 Å². The Kier molecular flexibility index (Phi) is 2.31. The van der Waals surface area contributed by atoms with Crippen molar-refractivity contribution in [3.8, 4) is 0 Å². The summed E-state index contributed by atoms with van der Waals surface area (Å²) in [6, 6.07) is 0. The van der Waals surface area contributed by atoms with Crippen LogP contribution in [0, 0.1) is 5.41 Å². The third kappa shape index (κ3) is 1.95. The number of hydrogen-bond acceptors (Lipinski definition) is 0. The molecule has 0 saturated heterocycles. The molecule has 0 bridgehead atoms. The SMILES string of the molecule is CC(C)(C)C1=[As]C=CC=C1. The van der Waals surface area contributed by atoms with Crippen molar-refractivity contribution in [3.05, 3.63) is 23.1 Å². The molecule has 10 heavy (non-hydrogen) atoms. The zero-order valence-electron chi connectivity index (χ0n) is 6.76. The van der Waals surface area contributed by atoms with Crippen molar-refractivity contribution in [2.24, 2.45) is 5.41 Å². The molecule has 1 aliphatic rings. The van der Waals surface area contributed by atoms with Gasteiger partial charge in [-0.25, -0.2) is 0 Å². The Labute approximate surface area is 69.2 Å². The number of hydrogen-bond donors (Lipinski definition) is 0. The fourth-order valence-electron chi connectivity index (χ4n) is 0.806. The van der Waals surface area contributed by atoms with Crippen LogP contribution in [0.5, 0.6) is 0 Å². The second-order valence-corrected chi connectivity index (χ2v) is 5.64. The molecule has 0 N–H and O–H groups in total. The Bertz CT molecular complexity index is 201. The van der Waals surface area contributed by atoms with Crippen LogP contribution in [-0.2, 0) is 0 Å². The first-order chi connectivity index (χ1) is 4.61. The van der Waals surface area contributed by atoms with Crippen molar-refractivity contribution in [2.75, 3.05) is 0 Å². The van der Waals surface area contributed by atoms with Crippen molar-refractivity contribution in [1.29, 1.82) is 0 Å². The summed E-state index contributed by atoms with van der Waals surface area (Å²) in [5, 5.41) is 0. The molecule has 0 radical (unpaired) electrons. The molecule has 0 spiro atoms. The Balaban J connectivity index is 2.85. The van der Waals surface area contributed by atoms with E-state index in [1.807, 2.05) is 0 Å². The fourth-order valence-corrected chi connectivity index (χ4v) is 2.71. The molecule has 0 unspecified atom stereocenters. The van der Waals surface area contributed by atoms with E-state index < -0.39 is 0 Å². The number of rotatable bonds is 0. The summed E-state index contributed by atoms with van der Waals surface area (Å²) in [7, 11) is 0. The molecule has 0 atom stereocenters. The van der Waals surface area contributed by atoms with Gasteiger partial charge in [0.05, 0.1) is 0 Å². The van der Waals surface area contributed by atoms with Gasteiger partial charge in [-0.15, -0.1) is 0 Å². The molecule has 0 aromatic heterocycles. The van der Waals surface area contributed by atoms with Crippen LogP contribution in [0.15, 0.2) is 23.1 Å². The van der Waals surface area contributed by atoms with E-state index in [1.165, 1.54) is 0 Å². The summed E-state index contributed by atoms with van der Waals surface area (Å²) < 4.78 is 1.62. The van der Waals surface area contributed by atoms with Gasteiger partial charge in [0.25, 0.3) is 0 Å². The van der Waals surface area contributed by atoms with Crippen LogP contribution >= 0.6 is 0 Å². The fraction of sp³-hybridized carbons (Fsp3) is 0.444. The minimum absolute atomic E-state index is 0.344. The van der Waals surface area contributed by atoms with Crippen LogP contribution in [-0.4, -0.2) is 19.6 Å². The van der Waals surface area contributed by atoms with Gasteiger partial charge in [-0.05, 0) is 0 Å². The molecule has 0 fully saturated rings. The summed E-state index contributed by atoms with van der Waals surface area (Å²) in [6.07, 6.45) is 6.55. The summed E-state index contributed by atoms with van der Waals surface area (Å²) in [6.45, 7) is 6.84. The molecule has 54 valence electrons. The van der Waals surface area contributed by atoms with E-state index in [2.05, 4.69) is 43.9 Å². The second kappa shape index (κ2) is 2.88. The zero-order chi connectivity index (χ0) is 7.61. The normalized spacial score (nSPS) is 18.9. The third-order valence-electron chi connectivity index (χ3n) is 1.43. The quantitative estimate of drug-likeness (QED) is 0.520. The van der Waals surface area contributed by atoms with Gasteiger partial charge >= 0.3 is 68.9 Å². The van der Waals surface area contributed by atoms with Crippen LogP contribution in [0.3, 0.4) is 0 Å². The topological polar surface area (TPSA) is 0 Å². The van der Waals surface area contributed by atoms with Crippen molar-refractivity contribution in [2.45, 2.75) is 20.8 Å². The van der Waals surface area contributed by atoms with E-state index in [-0.39, 0.29) is 0 Å². The zero-order valence-corrected chi connectivity index (χ0v) is 8.63. The summed E-state index contributed by atoms with van der Waals surface area (Å²) in [5.41, 5.74) is 0.390. The van der Waals surface area contributed by atoms with Gasteiger partial charge in [-0.1, -0.05) is 0 Å². The first-order valence-corrected chi connectivity index (χ1v) is 5.54. The van der Waals surface area contributed by atoms with Gasteiger partial charge in [0.1, 0.15) is 0 Å². The van der Waals surface area contributed by atoms with Gasteiger partial charge in [0.2, 0.25) is 0 Å². The molecular formula is C9H13As. The maximum atomic E-state index is 2.30. The van der Waals surface area contributed by atoms with Crippen molar-refractivity contribution >= 4 is 19.6 Å². The summed E-state index contributed by atoms with van der Waals surface area (Å²) in [5.74, 6) is 0. The predicted octanol–water partition coefficient (Wildman–Crippen LogP) is 1.99. The Morgan fingerprint density at radius 3 is 2.20 bits per heavy atom. The van der Waals surface area contributed by atoms with Crippen LogP contribution in [0.1, 0.15) is 20.8 Å². The molecule has 1 heteroatoms. The maximum absolute atomic E-state index is 2.30. The molecule has 0 nitrogen and oxygen atoms in total. The molecule has 0 saturated carbocycles. The molecule has 0 aliphatic carbocycles. The van der Waals surface area contributed by atoms with E-state index in [0.29, 0.717) is 20.7 Å². The standard InChI is InChI=1S/C9H13As/c1-9(2,3)8-6-4-5-7-10-8/h4-7H,1-3H3. The molecule has 1 heterocycles. The van der Waals surface area contributed by atoms with Crippen LogP contribution in [0.25, 0.3) is 0 Å². The molecule has 0 aromatic carbocycles. The minimum atomic E-state index is 0.344. The van der Waals surface area contributed by atoms with Crippen molar-refractivity contribution < 1.29 is 0 Å². The van der Waals surface area contributed by atoms with Gasteiger partial charge in [0.15, 0.2) is 0 Å². The molecule has 0 amide bonds. The van der Waals surface area contributed by atoms with Gasteiger partial charge in [-0.3, -0.25) is 0 Å². The average Bonchev–Trinajstić information content (AvgIpc) is 1.88. The summed E-state index contributed by atoms with van der Waals surface area (Å²) in [4.78, 5) is 2.30. The third-order valence-corrected chi connectivity index (χ3v) is 4.41. The van der Waals surface area contributed by atoms with Gasteiger partial charge in [-0.2, -0.15) is 0 Å². The summed E-state index contributed by atoms with van der Waals surface area (Å²) >= 11 is 0.344. The van der Waals surface area contributed by atoms with Crippen molar-refractivity contribution in [3.63, 3.8) is 0 Å². The van der Waals surface area contributed by atoms with Gasteiger partial charge < -0.3 is 0 Å². The van der Waals surface area contributed by atoms with Crippen molar-refractivity contribution in [1.82, 2.24) is 0 Å². The van der Waals surface area contributed by atoms with E-state index in [4.69, 9.17) is 0 Å². The van der Waals surface area contributed by atoms with E-state index in [0.717, 1.165) is 0 Å². The van der Waals surface area contributed by atoms with E-state index in [9.17, 15) is 0 Å². The first-order valence-electron chi connectivity index (χ1n) is 3.52. The molecule has 1 rings (SSSR count). The van der Waals surface area contributed by atoms with Crippen LogP contribution in [0.2, 0.25) is 0 Å². The number of allylic oxidation sites excluding steroid dienone is 3. The Morgan fingerprint density at radius 1 is 1.20 bits per heavy atom. The van der Waals surface area contributed by atoms with Crippen LogP contribution in [0.4, 0.5) is 0 Å². The average molecular weight is 196 g/mol. The molecule has 1 aliphatic heterocycles. The predicted molar refractivity (Wildman–Crippen MR) is 48.5 cm³/mol. The Hall–Kier alpha value is -0.0916. The monoisotopic (exact) mass is 196 g/mol. The van der Waals surface area contributed by atoms with Crippen LogP contribution < -0.4 is 0 Å². The second-order valence-electron chi connectivity index (χ2n) is 3.46. The molecule has 0 aromatic rings. The first kappa shape index (κ1) is 8.01. The molecular weight excluding hydrogens is 183 g/mol. The Morgan fingerprint density at radius 2 is 1.90 bits per heavy atom. The van der Waals surface area contributed by atoms with Gasteiger partial charge in [0, 0.05) is 0 Å². The van der Waals surface area contributed by atoms with E-state index >= 15 is 0 Å².